The Hall–Kier alpha value is -2.04. The third kappa shape index (κ3) is 1.52. The maximum atomic E-state index is 11.1. The van der Waals surface area contributed by atoms with E-state index in [2.05, 4.69) is 5.32 Å². The van der Waals surface area contributed by atoms with Crippen LogP contribution in [0.25, 0.3) is 0 Å². The second-order valence-corrected chi connectivity index (χ2v) is 3.23. The number of hydrogen-bond donors (Lipinski definition) is 2. The zero-order valence-corrected chi connectivity index (χ0v) is 8.03. The Kier molecular flexibility index (Phi) is 2.07. The zero-order chi connectivity index (χ0) is 11.0. The Balaban J connectivity index is 2.56. The van der Waals surface area contributed by atoms with E-state index in [0.717, 1.165) is 0 Å². The summed E-state index contributed by atoms with van der Waals surface area (Å²) in [7, 11) is 1.45. The summed E-state index contributed by atoms with van der Waals surface area (Å²) >= 11 is 0. The molecule has 2 rings (SSSR count). The van der Waals surface area contributed by atoms with Gasteiger partial charge in [-0.2, -0.15) is 0 Å². The summed E-state index contributed by atoms with van der Waals surface area (Å²) in [6.45, 7) is 0. The highest BCUT2D eigenvalue weighted by Gasteiger charge is 2.23. The van der Waals surface area contributed by atoms with Crippen LogP contribution in [0.4, 0.5) is 5.69 Å². The first-order chi connectivity index (χ1) is 7.11. The molecule has 0 saturated heterocycles. The van der Waals surface area contributed by atoms with Crippen molar-refractivity contribution in [2.24, 2.45) is 0 Å². The summed E-state index contributed by atoms with van der Waals surface area (Å²) in [4.78, 5) is 21.9. The molecule has 5 heteroatoms. The molecule has 1 amide bonds. The first-order valence-corrected chi connectivity index (χ1v) is 4.36. The molecule has 5 nitrogen and oxygen atoms in total. The lowest BCUT2D eigenvalue weighted by Crippen LogP contribution is -2.04. The number of carbonyl (C=O) groups is 2. The number of benzene rings is 1. The normalized spacial score (nSPS) is 13.3. The molecule has 0 spiro atoms. The van der Waals surface area contributed by atoms with Gasteiger partial charge in [0.2, 0.25) is 5.91 Å². The molecule has 78 valence electrons. The van der Waals surface area contributed by atoms with Crippen LogP contribution in [0.3, 0.4) is 0 Å². The average molecular weight is 207 g/mol. The van der Waals surface area contributed by atoms with Crippen LogP contribution >= 0.6 is 0 Å². The molecule has 0 atom stereocenters. The Bertz CT molecular complexity index is 453. The predicted octanol–water partition coefficient (Wildman–Crippen LogP) is 0.888. The third-order valence-corrected chi connectivity index (χ3v) is 2.29. The number of hydrogen-bond acceptors (Lipinski definition) is 3. The minimum Gasteiger partial charge on any atom is -0.496 e. The van der Waals surface area contributed by atoms with Gasteiger partial charge in [-0.15, -0.1) is 0 Å². The van der Waals surface area contributed by atoms with Gasteiger partial charge in [0, 0.05) is 11.3 Å². The summed E-state index contributed by atoms with van der Waals surface area (Å²) in [6.07, 6.45) is 0.235. The number of fused-ring (bicyclic) bond motifs is 1. The summed E-state index contributed by atoms with van der Waals surface area (Å²) in [5.74, 6) is -0.758. The van der Waals surface area contributed by atoms with Crippen molar-refractivity contribution in [1.29, 1.82) is 0 Å². The first kappa shape index (κ1) is 9.51. The number of carbonyl (C=O) groups excluding carboxylic acids is 1. The maximum Gasteiger partial charge on any atom is 0.335 e. The van der Waals surface area contributed by atoms with Gasteiger partial charge in [0.15, 0.2) is 0 Å². The molecule has 0 radical (unpaired) electrons. The van der Waals surface area contributed by atoms with E-state index in [4.69, 9.17) is 9.84 Å². The van der Waals surface area contributed by atoms with Crippen molar-refractivity contribution in [3.63, 3.8) is 0 Å². The Morgan fingerprint density at radius 3 is 2.87 bits per heavy atom. The lowest BCUT2D eigenvalue weighted by Gasteiger charge is -2.07. The van der Waals surface area contributed by atoms with Crippen molar-refractivity contribution < 1.29 is 19.4 Å². The predicted molar refractivity (Wildman–Crippen MR) is 52.3 cm³/mol. The Morgan fingerprint density at radius 1 is 1.53 bits per heavy atom. The van der Waals surface area contributed by atoms with Gasteiger partial charge in [-0.05, 0) is 12.1 Å². The molecule has 15 heavy (non-hydrogen) atoms. The first-order valence-electron chi connectivity index (χ1n) is 4.36. The highest BCUT2D eigenvalue weighted by atomic mass is 16.5. The van der Waals surface area contributed by atoms with Crippen molar-refractivity contribution in [3.05, 3.63) is 23.3 Å². The van der Waals surface area contributed by atoms with Gasteiger partial charge in [-0.1, -0.05) is 0 Å². The van der Waals surface area contributed by atoms with E-state index >= 15 is 0 Å². The van der Waals surface area contributed by atoms with Crippen LogP contribution in [0, 0.1) is 0 Å². The summed E-state index contributed by atoms with van der Waals surface area (Å²) in [6, 6.07) is 2.85. The smallest absolute Gasteiger partial charge is 0.335 e. The van der Waals surface area contributed by atoms with E-state index < -0.39 is 5.97 Å². The van der Waals surface area contributed by atoms with Crippen LogP contribution < -0.4 is 10.1 Å². The van der Waals surface area contributed by atoms with Gasteiger partial charge < -0.3 is 15.2 Å². The van der Waals surface area contributed by atoms with E-state index in [9.17, 15) is 9.59 Å². The second-order valence-electron chi connectivity index (χ2n) is 3.23. The number of methoxy groups -OCH3 is 1. The van der Waals surface area contributed by atoms with Crippen molar-refractivity contribution in [1.82, 2.24) is 0 Å². The van der Waals surface area contributed by atoms with Gasteiger partial charge >= 0.3 is 5.97 Å². The molecule has 0 aromatic heterocycles. The molecule has 1 heterocycles. The van der Waals surface area contributed by atoms with E-state index in [1.54, 1.807) is 0 Å². The fraction of sp³-hybridized carbons (Fsp3) is 0.200. The van der Waals surface area contributed by atoms with E-state index in [-0.39, 0.29) is 17.9 Å². The summed E-state index contributed by atoms with van der Waals surface area (Å²) in [5.41, 5.74) is 1.34. The number of rotatable bonds is 2. The minimum absolute atomic E-state index is 0.104. The number of carboxylic acid groups (broad SMARTS) is 1. The minimum atomic E-state index is -1.04. The molecule has 0 fully saturated rings. The number of anilines is 1. The monoisotopic (exact) mass is 207 g/mol. The molecule has 2 N–H and O–H groups in total. The second kappa shape index (κ2) is 3.27. The molecule has 1 aromatic carbocycles. The fourth-order valence-electron chi connectivity index (χ4n) is 1.60. The van der Waals surface area contributed by atoms with Crippen molar-refractivity contribution in [3.8, 4) is 5.75 Å². The molecular weight excluding hydrogens is 198 g/mol. The van der Waals surface area contributed by atoms with E-state index in [0.29, 0.717) is 17.0 Å². The summed E-state index contributed by atoms with van der Waals surface area (Å²) < 4.78 is 5.04. The zero-order valence-electron chi connectivity index (χ0n) is 8.03. The van der Waals surface area contributed by atoms with Crippen LogP contribution in [0.1, 0.15) is 15.9 Å². The van der Waals surface area contributed by atoms with Crippen LogP contribution in [0.5, 0.6) is 5.75 Å². The molecule has 1 aliphatic rings. The lowest BCUT2D eigenvalue weighted by atomic mass is 10.1. The Morgan fingerprint density at radius 2 is 2.27 bits per heavy atom. The van der Waals surface area contributed by atoms with Gasteiger partial charge in [0.05, 0.1) is 19.1 Å². The van der Waals surface area contributed by atoms with Gasteiger partial charge in [-0.3, -0.25) is 4.79 Å². The quantitative estimate of drug-likeness (QED) is 0.755. The van der Waals surface area contributed by atoms with Crippen molar-refractivity contribution in [2.45, 2.75) is 6.42 Å². The highest BCUT2D eigenvalue weighted by Crippen LogP contribution is 2.33. The number of ether oxygens (including phenoxy) is 1. The van der Waals surface area contributed by atoms with E-state index in [1.165, 1.54) is 19.2 Å². The number of aromatic carboxylic acids is 1. The number of nitrogens with one attached hydrogen (secondary N) is 1. The maximum absolute atomic E-state index is 11.1. The topological polar surface area (TPSA) is 75.6 Å². The van der Waals surface area contributed by atoms with Crippen LogP contribution in [0.15, 0.2) is 12.1 Å². The standard InChI is InChI=1S/C10H9NO4/c1-15-8-3-5(10(13)14)2-7-6(8)4-9(12)11-7/h2-3H,4H2,1H3,(H,11,12)(H,13,14). The molecular formula is C10H9NO4. The molecule has 0 saturated carbocycles. The van der Waals surface area contributed by atoms with Crippen molar-refractivity contribution >= 4 is 17.6 Å². The highest BCUT2D eigenvalue weighted by molar-refractivity contribution is 6.02. The van der Waals surface area contributed by atoms with Crippen LogP contribution in [0.2, 0.25) is 0 Å². The largest absolute Gasteiger partial charge is 0.496 e. The van der Waals surface area contributed by atoms with Gasteiger partial charge in [0.25, 0.3) is 0 Å². The molecule has 0 unspecified atom stereocenters. The SMILES string of the molecule is COc1cc(C(=O)O)cc2c1CC(=O)N2. The lowest BCUT2D eigenvalue weighted by molar-refractivity contribution is -0.115. The van der Waals surface area contributed by atoms with E-state index in [1.807, 2.05) is 0 Å². The van der Waals surface area contributed by atoms with Crippen LogP contribution in [-0.2, 0) is 11.2 Å². The van der Waals surface area contributed by atoms with Crippen molar-refractivity contribution in [2.75, 3.05) is 12.4 Å². The van der Waals surface area contributed by atoms with Gasteiger partial charge in [0.1, 0.15) is 5.75 Å². The Labute approximate surface area is 85.7 Å². The molecule has 1 aliphatic heterocycles. The molecule has 0 bridgehead atoms. The van der Waals surface area contributed by atoms with Crippen LogP contribution in [-0.4, -0.2) is 24.1 Å². The average Bonchev–Trinajstić information content (AvgIpc) is 2.56. The molecule has 1 aromatic rings. The number of amides is 1. The number of carboxylic acids is 1. The van der Waals surface area contributed by atoms with Gasteiger partial charge in [-0.25, -0.2) is 4.79 Å². The summed E-state index contributed by atoms with van der Waals surface area (Å²) in [5, 5.41) is 11.4. The molecule has 0 aliphatic carbocycles. The third-order valence-electron chi connectivity index (χ3n) is 2.29. The fourth-order valence-corrected chi connectivity index (χ4v) is 1.60.